The van der Waals surface area contributed by atoms with E-state index in [0.717, 1.165) is 25.5 Å². The second kappa shape index (κ2) is 13.8. The quantitative estimate of drug-likeness (QED) is 0.284. The number of hydrogen-bond donors (Lipinski definition) is 1. The van der Waals surface area contributed by atoms with Gasteiger partial charge in [0.2, 0.25) is 11.8 Å². The van der Waals surface area contributed by atoms with E-state index in [1.807, 2.05) is 65.0 Å². The molecule has 2 amide bonds. The molecule has 1 atom stereocenters. The number of hydrogen-bond acceptors (Lipinski definition) is 6. The number of nitrogens with one attached hydrogen (secondary N) is 1. The van der Waals surface area contributed by atoms with Crippen LogP contribution in [0.2, 0.25) is 0 Å². The van der Waals surface area contributed by atoms with E-state index in [0.29, 0.717) is 11.4 Å². The molecule has 9 nitrogen and oxygen atoms in total. The average Bonchev–Trinajstić information content (AvgIpc) is 2.92. The summed E-state index contributed by atoms with van der Waals surface area (Å²) in [5.74, 6) is -0.287. The maximum absolute atomic E-state index is 14.2. The largest absolute Gasteiger partial charge is 0.493 e. The van der Waals surface area contributed by atoms with Crippen LogP contribution in [0.5, 0.6) is 11.5 Å². The Morgan fingerprint density at radius 2 is 1.56 bits per heavy atom. The summed E-state index contributed by atoms with van der Waals surface area (Å²) >= 11 is 3.46. The zero-order valence-corrected chi connectivity index (χ0v) is 28.3. The van der Waals surface area contributed by atoms with Crippen LogP contribution < -0.4 is 19.1 Å². The number of aryl methyl sites for hydroxylation is 2. The fourth-order valence-electron chi connectivity index (χ4n) is 4.62. The van der Waals surface area contributed by atoms with Crippen molar-refractivity contribution in [1.82, 2.24) is 10.2 Å². The second-order valence-corrected chi connectivity index (χ2v) is 14.2. The van der Waals surface area contributed by atoms with Crippen LogP contribution in [0.3, 0.4) is 0 Å². The molecule has 0 aromatic heterocycles. The van der Waals surface area contributed by atoms with Crippen molar-refractivity contribution in [3.8, 4) is 11.5 Å². The Hall–Kier alpha value is -3.57. The van der Waals surface area contributed by atoms with Crippen molar-refractivity contribution in [3.63, 3.8) is 0 Å². The van der Waals surface area contributed by atoms with E-state index in [4.69, 9.17) is 9.47 Å². The summed E-state index contributed by atoms with van der Waals surface area (Å²) in [6, 6.07) is 16.2. The Labute approximate surface area is 263 Å². The molecule has 3 aromatic carbocycles. The van der Waals surface area contributed by atoms with E-state index in [1.54, 1.807) is 19.1 Å². The van der Waals surface area contributed by atoms with Crippen LogP contribution in [0.15, 0.2) is 70.0 Å². The Balaban J connectivity index is 2.12. The standard InChI is InChI=1S/C32H40BrN3O6S/c1-21-14-22(2)16-26(15-21)36(43(39,40)27-12-13-28(41-7)29(18-27)42-8)20-30(37)35(19-24-10-9-11-25(33)17-24)23(3)31(38)34-32(4,5)6/h9-18,23H,19-20H2,1-8H3,(H,34,38)/t23-/m1/s1. The number of nitrogens with zero attached hydrogens (tertiary/aromatic N) is 2. The van der Waals surface area contributed by atoms with Crippen LogP contribution in [-0.4, -0.2) is 57.5 Å². The summed E-state index contributed by atoms with van der Waals surface area (Å²) in [6.45, 7) is 10.5. The van der Waals surface area contributed by atoms with Crippen LogP contribution in [0.4, 0.5) is 5.69 Å². The lowest BCUT2D eigenvalue weighted by Crippen LogP contribution is -2.54. The molecule has 43 heavy (non-hydrogen) atoms. The maximum Gasteiger partial charge on any atom is 0.264 e. The third kappa shape index (κ3) is 8.73. The predicted octanol–water partition coefficient (Wildman–Crippen LogP) is 5.61. The number of halogens is 1. The van der Waals surface area contributed by atoms with Gasteiger partial charge in [0.05, 0.1) is 24.8 Å². The van der Waals surface area contributed by atoms with Crippen molar-refractivity contribution in [2.24, 2.45) is 0 Å². The molecule has 0 bridgehead atoms. The molecule has 0 aliphatic heterocycles. The summed E-state index contributed by atoms with van der Waals surface area (Å²) in [5, 5.41) is 2.93. The Bertz CT molecular complexity index is 1570. The molecule has 0 fully saturated rings. The van der Waals surface area contributed by atoms with E-state index in [1.165, 1.54) is 37.3 Å². The molecule has 11 heteroatoms. The number of anilines is 1. The van der Waals surface area contributed by atoms with Gasteiger partial charge < -0.3 is 19.7 Å². The topological polar surface area (TPSA) is 105 Å². The van der Waals surface area contributed by atoms with E-state index < -0.39 is 34.1 Å². The van der Waals surface area contributed by atoms with E-state index >= 15 is 0 Å². The number of methoxy groups -OCH3 is 2. The molecule has 0 radical (unpaired) electrons. The highest BCUT2D eigenvalue weighted by molar-refractivity contribution is 9.10. The number of rotatable bonds is 11. The normalized spacial score (nSPS) is 12.3. The fourth-order valence-corrected chi connectivity index (χ4v) is 6.48. The van der Waals surface area contributed by atoms with Crippen molar-refractivity contribution >= 4 is 43.5 Å². The predicted molar refractivity (Wildman–Crippen MR) is 172 cm³/mol. The summed E-state index contributed by atoms with van der Waals surface area (Å²) in [6.07, 6.45) is 0. The highest BCUT2D eigenvalue weighted by atomic mass is 79.9. The first-order valence-corrected chi connectivity index (χ1v) is 16.0. The van der Waals surface area contributed by atoms with Gasteiger partial charge in [0, 0.05) is 22.6 Å². The molecule has 0 heterocycles. The molecule has 232 valence electrons. The molecule has 0 unspecified atom stereocenters. The number of benzene rings is 3. The van der Waals surface area contributed by atoms with Gasteiger partial charge >= 0.3 is 0 Å². The fraction of sp³-hybridized carbons (Fsp3) is 0.375. The summed E-state index contributed by atoms with van der Waals surface area (Å²) in [4.78, 5) is 28.8. The zero-order valence-electron chi connectivity index (χ0n) is 25.9. The van der Waals surface area contributed by atoms with Crippen molar-refractivity contribution in [1.29, 1.82) is 0 Å². The maximum atomic E-state index is 14.2. The molecular formula is C32H40BrN3O6S. The summed E-state index contributed by atoms with van der Waals surface area (Å²) in [5.41, 5.74) is 2.24. The number of carbonyl (C=O) groups excluding carboxylic acids is 2. The van der Waals surface area contributed by atoms with Gasteiger partial charge in [0.25, 0.3) is 10.0 Å². The number of amides is 2. The lowest BCUT2D eigenvalue weighted by atomic mass is 10.1. The van der Waals surface area contributed by atoms with E-state index in [9.17, 15) is 18.0 Å². The molecule has 0 saturated carbocycles. The van der Waals surface area contributed by atoms with Gasteiger partial charge in [0.15, 0.2) is 11.5 Å². The van der Waals surface area contributed by atoms with E-state index in [-0.39, 0.29) is 23.1 Å². The molecule has 3 rings (SSSR count). The first-order valence-electron chi connectivity index (χ1n) is 13.7. The Morgan fingerprint density at radius 1 is 0.930 bits per heavy atom. The van der Waals surface area contributed by atoms with Crippen LogP contribution in [0.25, 0.3) is 0 Å². The number of carbonyl (C=O) groups is 2. The lowest BCUT2D eigenvalue weighted by Gasteiger charge is -2.33. The Kier molecular flexibility index (Phi) is 10.9. The minimum absolute atomic E-state index is 0.0748. The minimum Gasteiger partial charge on any atom is -0.493 e. The average molecular weight is 675 g/mol. The van der Waals surface area contributed by atoms with E-state index in [2.05, 4.69) is 21.2 Å². The highest BCUT2D eigenvalue weighted by Gasteiger charge is 2.34. The van der Waals surface area contributed by atoms with Crippen molar-refractivity contribution in [2.45, 2.75) is 64.6 Å². The number of ether oxygens (including phenoxy) is 2. The summed E-state index contributed by atoms with van der Waals surface area (Å²) < 4.78 is 41.0. The smallest absolute Gasteiger partial charge is 0.264 e. The molecule has 0 aliphatic carbocycles. The molecule has 0 saturated heterocycles. The first-order chi connectivity index (χ1) is 20.0. The van der Waals surface area contributed by atoms with Gasteiger partial charge in [-0.1, -0.05) is 34.1 Å². The second-order valence-electron chi connectivity index (χ2n) is 11.4. The monoisotopic (exact) mass is 673 g/mol. The lowest BCUT2D eigenvalue weighted by molar-refractivity contribution is -0.140. The third-order valence-corrected chi connectivity index (χ3v) is 8.89. The van der Waals surface area contributed by atoms with Crippen LogP contribution in [0, 0.1) is 13.8 Å². The summed E-state index contributed by atoms with van der Waals surface area (Å²) in [7, 11) is -1.40. The molecular weight excluding hydrogens is 634 g/mol. The van der Waals surface area contributed by atoms with Crippen LogP contribution in [0.1, 0.15) is 44.4 Å². The minimum atomic E-state index is -4.29. The first kappa shape index (κ1) is 33.9. The number of sulfonamides is 1. The zero-order chi connectivity index (χ0) is 32.1. The van der Waals surface area contributed by atoms with Gasteiger partial charge in [-0.3, -0.25) is 13.9 Å². The van der Waals surface area contributed by atoms with Gasteiger partial charge in [-0.2, -0.15) is 0 Å². The van der Waals surface area contributed by atoms with Gasteiger partial charge in [-0.25, -0.2) is 8.42 Å². The van der Waals surface area contributed by atoms with Crippen molar-refractivity contribution in [2.75, 3.05) is 25.1 Å². The van der Waals surface area contributed by atoms with Crippen LogP contribution in [-0.2, 0) is 26.2 Å². The Morgan fingerprint density at radius 3 is 2.12 bits per heavy atom. The molecule has 0 spiro atoms. The van der Waals surface area contributed by atoms with Gasteiger partial charge in [-0.05, 0) is 94.6 Å². The van der Waals surface area contributed by atoms with Gasteiger partial charge in [-0.15, -0.1) is 0 Å². The molecule has 1 N–H and O–H groups in total. The third-order valence-electron chi connectivity index (χ3n) is 6.62. The molecule has 0 aliphatic rings. The SMILES string of the molecule is COc1ccc(S(=O)(=O)N(CC(=O)N(Cc2cccc(Br)c2)[C@H](C)C(=O)NC(C)(C)C)c2cc(C)cc(C)c2)cc1OC. The van der Waals surface area contributed by atoms with Gasteiger partial charge in [0.1, 0.15) is 12.6 Å². The van der Waals surface area contributed by atoms with Crippen molar-refractivity contribution < 1.29 is 27.5 Å². The molecule has 3 aromatic rings. The van der Waals surface area contributed by atoms with Crippen LogP contribution >= 0.6 is 15.9 Å². The highest BCUT2D eigenvalue weighted by Crippen LogP contribution is 2.33. The van der Waals surface area contributed by atoms with Crippen molar-refractivity contribution in [3.05, 3.63) is 81.8 Å².